The van der Waals surface area contributed by atoms with Crippen LogP contribution < -0.4 is 16.4 Å². The Kier molecular flexibility index (Phi) is 10.2. The smallest absolute Gasteiger partial charge is 0.330 e. The maximum absolute atomic E-state index is 13.0. The maximum Gasteiger partial charge on any atom is 0.330 e. The van der Waals surface area contributed by atoms with Gasteiger partial charge in [-0.25, -0.2) is 9.59 Å². The zero-order chi connectivity index (χ0) is 28.0. The lowest BCUT2D eigenvalue weighted by atomic mass is 9.71. The van der Waals surface area contributed by atoms with E-state index < -0.39 is 29.6 Å². The molecule has 4 N–H and O–H groups in total. The lowest BCUT2D eigenvalue weighted by molar-refractivity contribution is -0.158. The van der Waals surface area contributed by atoms with Crippen molar-refractivity contribution in [3.05, 3.63) is 0 Å². The topological polar surface area (TPSA) is 155 Å². The van der Waals surface area contributed by atoms with Gasteiger partial charge in [-0.15, -0.1) is 0 Å². The van der Waals surface area contributed by atoms with Crippen molar-refractivity contribution >= 4 is 24.8 Å². The fourth-order valence-electron chi connectivity index (χ4n) is 7.61. The summed E-state index contributed by atoms with van der Waals surface area (Å²) in [5.41, 5.74) is 5.87. The Morgan fingerprint density at radius 3 is 2.28 bits per heavy atom. The molecule has 10 atom stereocenters. The van der Waals surface area contributed by atoms with Crippen molar-refractivity contribution < 1.29 is 38.1 Å². The van der Waals surface area contributed by atoms with Crippen LogP contribution in [0, 0.1) is 17.8 Å². The number of carbonyl (C=O) groups excluding carboxylic acids is 4. The highest BCUT2D eigenvalue weighted by atomic mass is 16.5. The van der Waals surface area contributed by atoms with Gasteiger partial charge in [-0.1, -0.05) is 12.8 Å². The number of unbranched alkanes of at least 4 members (excludes halogenated alkanes) is 1. The van der Waals surface area contributed by atoms with Gasteiger partial charge in [0.2, 0.25) is 12.8 Å². The molecule has 4 aliphatic rings. The molecule has 4 rings (SSSR count). The van der Waals surface area contributed by atoms with Gasteiger partial charge < -0.3 is 35.3 Å². The summed E-state index contributed by atoms with van der Waals surface area (Å²) >= 11 is 0. The molecule has 0 aromatic heterocycles. The molecule has 0 radical (unpaired) electrons. The summed E-state index contributed by atoms with van der Waals surface area (Å²) in [6.07, 6.45) is 8.94. The van der Waals surface area contributed by atoms with Crippen LogP contribution in [-0.2, 0) is 38.1 Å². The third-order valence-electron chi connectivity index (χ3n) is 9.22. The van der Waals surface area contributed by atoms with E-state index in [4.69, 9.17) is 24.7 Å². The van der Waals surface area contributed by atoms with E-state index in [1.807, 2.05) is 13.8 Å². The van der Waals surface area contributed by atoms with Gasteiger partial charge in [0.1, 0.15) is 12.1 Å². The molecule has 1 unspecified atom stereocenters. The van der Waals surface area contributed by atoms with Crippen LogP contribution in [0.1, 0.15) is 78.1 Å². The van der Waals surface area contributed by atoms with Crippen molar-refractivity contribution in [2.45, 2.75) is 120 Å². The Balaban J connectivity index is 1.23. The van der Waals surface area contributed by atoms with E-state index >= 15 is 0 Å². The van der Waals surface area contributed by atoms with Gasteiger partial charge >= 0.3 is 11.9 Å². The van der Waals surface area contributed by atoms with E-state index in [0.29, 0.717) is 38.5 Å². The van der Waals surface area contributed by atoms with E-state index in [2.05, 4.69) is 10.6 Å². The number of amides is 2. The predicted molar refractivity (Wildman–Crippen MR) is 140 cm³/mol. The average molecular weight is 552 g/mol. The van der Waals surface area contributed by atoms with Gasteiger partial charge in [0.15, 0.2) is 0 Å². The summed E-state index contributed by atoms with van der Waals surface area (Å²) < 4.78 is 23.1. The van der Waals surface area contributed by atoms with Crippen LogP contribution in [0.2, 0.25) is 0 Å². The van der Waals surface area contributed by atoms with Crippen molar-refractivity contribution in [3.8, 4) is 0 Å². The summed E-state index contributed by atoms with van der Waals surface area (Å²) in [5.74, 6) is -0.801. The maximum atomic E-state index is 13.0. The van der Waals surface area contributed by atoms with E-state index in [-0.39, 0.29) is 55.4 Å². The fraction of sp³-hybridized carbons (Fsp3) is 0.857. The summed E-state index contributed by atoms with van der Waals surface area (Å²) in [6.45, 7) is 4.20. The summed E-state index contributed by atoms with van der Waals surface area (Å²) in [4.78, 5) is 48.6. The molecule has 11 nitrogen and oxygen atoms in total. The van der Waals surface area contributed by atoms with E-state index in [1.165, 1.54) is 0 Å². The zero-order valence-electron chi connectivity index (χ0n) is 23.2. The Hall–Kier alpha value is -2.24. The number of esters is 2. The molecule has 2 heterocycles. The highest BCUT2D eigenvalue weighted by molar-refractivity contribution is 5.80. The second-order valence-corrected chi connectivity index (χ2v) is 11.8. The standard InChI is InChI=1S/C28H45N3O8/c1-17-13-20(19-7-5-9-22(19)38-17)24(30-15-32)26(34)36-11-3-4-12-37-27(35)25(31-16-33)28(29)14-18(2)39-23-10-6-8-21(23)28/h15-25H,3-14,29H2,1-2H3,(H,30,32)(H,31,33)/t17-,18-,19+,20+,21-,22+,23+,24+,25?,28+/m1/s1. The molecule has 220 valence electrons. The number of nitrogens with one attached hydrogen (secondary N) is 2. The largest absolute Gasteiger partial charge is 0.464 e. The zero-order valence-corrected chi connectivity index (χ0v) is 23.2. The van der Waals surface area contributed by atoms with Crippen LogP contribution in [0.5, 0.6) is 0 Å². The van der Waals surface area contributed by atoms with Crippen LogP contribution in [0.3, 0.4) is 0 Å². The number of nitrogens with two attached hydrogens (primary N) is 1. The minimum atomic E-state index is -0.957. The second kappa shape index (κ2) is 13.4. The van der Waals surface area contributed by atoms with Crippen LogP contribution >= 0.6 is 0 Å². The number of hydrogen-bond donors (Lipinski definition) is 3. The van der Waals surface area contributed by atoms with Gasteiger partial charge in [0.25, 0.3) is 0 Å². The molecule has 2 saturated heterocycles. The molecule has 2 aliphatic carbocycles. The molecule has 39 heavy (non-hydrogen) atoms. The fourth-order valence-corrected chi connectivity index (χ4v) is 7.61. The first-order valence-electron chi connectivity index (χ1n) is 14.6. The van der Waals surface area contributed by atoms with E-state index in [1.54, 1.807) is 0 Å². The summed E-state index contributed by atoms with van der Waals surface area (Å²) in [7, 11) is 0. The number of rotatable bonds is 13. The number of fused-ring (bicyclic) bond motifs is 2. The van der Waals surface area contributed by atoms with Crippen molar-refractivity contribution in [3.63, 3.8) is 0 Å². The van der Waals surface area contributed by atoms with Crippen LogP contribution in [0.15, 0.2) is 0 Å². The summed E-state index contributed by atoms with van der Waals surface area (Å²) in [5, 5.41) is 5.31. The third-order valence-corrected chi connectivity index (χ3v) is 9.22. The van der Waals surface area contributed by atoms with Crippen LogP contribution in [0.25, 0.3) is 0 Å². The highest BCUT2D eigenvalue weighted by Gasteiger charge is 2.55. The lowest BCUT2D eigenvalue weighted by Gasteiger charge is -2.48. The minimum Gasteiger partial charge on any atom is -0.464 e. The molecule has 4 fully saturated rings. The normalized spacial score (nSPS) is 37.1. The molecule has 0 spiro atoms. The van der Waals surface area contributed by atoms with E-state index in [0.717, 1.165) is 38.5 Å². The van der Waals surface area contributed by atoms with Gasteiger partial charge in [-0.05, 0) is 77.0 Å². The van der Waals surface area contributed by atoms with Gasteiger partial charge in [0, 0.05) is 5.92 Å². The average Bonchev–Trinajstić information content (AvgIpc) is 3.57. The van der Waals surface area contributed by atoms with Crippen LogP contribution in [-0.4, -0.2) is 80.0 Å². The molecule has 0 aromatic carbocycles. The van der Waals surface area contributed by atoms with Crippen molar-refractivity contribution in [1.82, 2.24) is 10.6 Å². The number of carbonyl (C=O) groups is 4. The Morgan fingerprint density at radius 2 is 1.56 bits per heavy atom. The Bertz CT molecular complexity index is 874. The van der Waals surface area contributed by atoms with Gasteiger partial charge in [-0.2, -0.15) is 0 Å². The second-order valence-electron chi connectivity index (χ2n) is 11.8. The quantitative estimate of drug-likeness (QED) is 0.175. The van der Waals surface area contributed by atoms with Crippen molar-refractivity contribution in [2.75, 3.05) is 13.2 Å². The van der Waals surface area contributed by atoms with Gasteiger partial charge in [0.05, 0.1) is 43.2 Å². The predicted octanol–water partition coefficient (Wildman–Crippen LogP) is 1.35. The third kappa shape index (κ3) is 6.74. The minimum absolute atomic E-state index is 0.0152. The Labute approximate surface area is 230 Å². The number of ether oxygens (including phenoxy) is 4. The van der Waals surface area contributed by atoms with E-state index in [9.17, 15) is 19.2 Å². The molecule has 2 saturated carbocycles. The molecule has 0 aromatic rings. The Morgan fingerprint density at radius 1 is 0.923 bits per heavy atom. The molecule has 0 bridgehead atoms. The first-order valence-corrected chi connectivity index (χ1v) is 14.6. The first kappa shape index (κ1) is 29.7. The van der Waals surface area contributed by atoms with Crippen molar-refractivity contribution in [1.29, 1.82) is 0 Å². The molecular formula is C28H45N3O8. The number of hydrogen-bond acceptors (Lipinski definition) is 9. The molecule has 2 aliphatic heterocycles. The first-order chi connectivity index (χ1) is 18.8. The molecular weight excluding hydrogens is 506 g/mol. The van der Waals surface area contributed by atoms with Gasteiger partial charge in [-0.3, -0.25) is 9.59 Å². The monoisotopic (exact) mass is 551 g/mol. The molecule has 11 heteroatoms. The highest BCUT2D eigenvalue weighted by Crippen LogP contribution is 2.44. The van der Waals surface area contributed by atoms with Crippen LogP contribution in [0.4, 0.5) is 0 Å². The SMILES string of the molecule is C[C@@H]1C[C@H]([C@H](NC=O)C(=O)OCCCCOC(=O)C(NC=O)[C@]2(N)C[C@@H](C)O[C@H]3CCC[C@H]32)[C@@H]2CCC[C@@H]2O1. The summed E-state index contributed by atoms with van der Waals surface area (Å²) in [6, 6.07) is -1.66. The van der Waals surface area contributed by atoms with Crippen molar-refractivity contribution in [2.24, 2.45) is 23.5 Å². The lowest BCUT2D eigenvalue weighted by Crippen LogP contribution is -2.69. The molecule has 2 amide bonds.